The number of carboxylic acid groups (broad SMARTS) is 1. The first-order valence-electron chi connectivity index (χ1n) is 7.45. The Morgan fingerprint density at radius 3 is 2.41 bits per heavy atom. The number of hydrogen-bond donors (Lipinski definition) is 3. The molecule has 0 saturated heterocycles. The van der Waals surface area contributed by atoms with Crippen molar-refractivity contribution in [3.63, 3.8) is 0 Å². The SMILES string of the molecule is CCCCCCOc1ccc(C(=O)N[C@@H](CO)C(=O)O)cc1. The van der Waals surface area contributed by atoms with Gasteiger partial charge in [0.25, 0.3) is 5.91 Å². The normalized spacial score (nSPS) is 11.7. The Morgan fingerprint density at radius 2 is 1.86 bits per heavy atom. The lowest BCUT2D eigenvalue weighted by Gasteiger charge is -2.12. The van der Waals surface area contributed by atoms with Gasteiger partial charge >= 0.3 is 5.97 Å². The Labute approximate surface area is 130 Å². The quantitative estimate of drug-likeness (QED) is 0.573. The molecular formula is C16H23NO5. The molecule has 0 aliphatic rings. The topological polar surface area (TPSA) is 95.9 Å². The number of amides is 1. The number of rotatable bonds is 10. The molecule has 0 unspecified atom stereocenters. The summed E-state index contributed by atoms with van der Waals surface area (Å²) >= 11 is 0. The van der Waals surface area contributed by atoms with E-state index in [2.05, 4.69) is 12.2 Å². The van der Waals surface area contributed by atoms with Crippen LogP contribution in [0.3, 0.4) is 0 Å². The van der Waals surface area contributed by atoms with Crippen LogP contribution < -0.4 is 10.1 Å². The summed E-state index contributed by atoms with van der Waals surface area (Å²) in [4.78, 5) is 22.6. The number of carboxylic acids is 1. The summed E-state index contributed by atoms with van der Waals surface area (Å²) in [5.41, 5.74) is 0.318. The highest BCUT2D eigenvalue weighted by atomic mass is 16.5. The van der Waals surface area contributed by atoms with Crippen LogP contribution in [-0.2, 0) is 4.79 Å². The van der Waals surface area contributed by atoms with Crippen LogP contribution in [0.2, 0.25) is 0 Å². The highest BCUT2D eigenvalue weighted by molar-refractivity contribution is 5.96. The predicted molar refractivity (Wildman–Crippen MR) is 82.1 cm³/mol. The summed E-state index contributed by atoms with van der Waals surface area (Å²) in [6.07, 6.45) is 4.49. The zero-order chi connectivity index (χ0) is 16.4. The summed E-state index contributed by atoms with van der Waals surface area (Å²) < 4.78 is 5.56. The first-order valence-corrected chi connectivity index (χ1v) is 7.45. The Bertz CT molecular complexity index is 472. The average Bonchev–Trinajstić information content (AvgIpc) is 2.52. The van der Waals surface area contributed by atoms with Crippen LogP contribution >= 0.6 is 0 Å². The predicted octanol–water partition coefficient (Wildman–Crippen LogP) is 1.82. The third kappa shape index (κ3) is 6.13. The van der Waals surface area contributed by atoms with Crippen molar-refractivity contribution in [2.75, 3.05) is 13.2 Å². The van der Waals surface area contributed by atoms with Gasteiger partial charge in [-0.25, -0.2) is 4.79 Å². The number of unbranched alkanes of at least 4 members (excludes halogenated alkanes) is 3. The number of carbonyl (C=O) groups excluding carboxylic acids is 1. The van der Waals surface area contributed by atoms with Gasteiger partial charge in [0.05, 0.1) is 13.2 Å². The van der Waals surface area contributed by atoms with Crippen molar-refractivity contribution in [2.24, 2.45) is 0 Å². The van der Waals surface area contributed by atoms with E-state index in [4.69, 9.17) is 14.9 Å². The van der Waals surface area contributed by atoms with Gasteiger partial charge in [-0.2, -0.15) is 0 Å². The molecule has 3 N–H and O–H groups in total. The van der Waals surface area contributed by atoms with Crippen LogP contribution in [0.25, 0.3) is 0 Å². The van der Waals surface area contributed by atoms with E-state index in [9.17, 15) is 9.59 Å². The summed E-state index contributed by atoms with van der Waals surface area (Å²) in [6, 6.07) is 5.16. The Kier molecular flexibility index (Phi) is 7.99. The van der Waals surface area contributed by atoms with Crippen molar-refractivity contribution in [3.05, 3.63) is 29.8 Å². The molecule has 0 saturated carbocycles. The van der Waals surface area contributed by atoms with E-state index in [1.54, 1.807) is 24.3 Å². The molecule has 1 aromatic rings. The number of aliphatic hydroxyl groups excluding tert-OH is 1. The second kappa shape index (κ2) is 9.78. The lowest BCUT2D eigenvalue weighted by molar-refractivity contribution is -0.140. The summed E-state index contributed by atoms with van der Waals surface area (Å²) in [5, 5.41) is 19.9. The van der Waals surface area contributed by atoms with Gasteiger partial charge in [-0.15, -0.1) is 0 Å². The second-order valence-electron chi connectivity index (χ2n) is 4.98. The number of hydrogen-bond acceptors (Lipinski definition) is 4. The van der Waals surface area contributed by atoms with E-state index in [0.717, 1.165) is 12.8 Å². The number of aliphatic hydroxyl groups is 1. The third-order valence-corrected chi connectivity index (χ3v) is 3.17. The molecule has 0 fully saturated rings. The minimum absolute atomic E-state index is 0.318. The van der Waals surface area contributed by atoms with Crippen LogP contribution in [0, 0.1) is 0 Å². The molecular weight excluding hydrogens is 286 g/mol. The fourth-order valence-electron chi connectivity index (χ4n) is 1.85. The molecule has 0 heterocycles. The third-order valence-electron chi connectivity index (χ3n) is 3.17. The van der Waals surface area contributed by atoms with Crippen molar-refractivity contribution in [3.8, 4) is 5.75 Å². The fraction of sp³-hybridized carbons (Fsp3) is 0.500. The molecule has 0 bridgehead atoms. The van der Waals surface area contributed by atoms with E-state index in [1.165, 1.54) is 12.8 Å². The van der Waals surface area contributed by atoms with Crippen LogP contribution in [0.15, 0.2) is 24.3 Å². The highest BCUT2D eigenvalue weighted by Gasteiger charge is 2.19. The van der Waals surface area contributed by atoms with Crippen LogP contribution in [-0.4, -0.2) is 41.3 Å². The Balaban J connectivity index is 2.46. The number of nitrogens with one attached hydrogen (secondary N) is 1. The van der Waals surface area contributed by atoms with E-state index in [1.807, 2.05) is 0 Å². The van der Waals surface area contributed by atoms with Crippen LogP contribution in [0.1, 0.15) is 43.0 Å². The first-order chi connectivity index (χ1) is 10.6. The molecule has 0 aliphatic heterocycles. The van der Waals surface area contributed by atoms with E-state index < -0.39 is 24.5 Å². The molecule has 0 aromatic heterocycles. The lowest BCUT2D eigenvalue weighted by atomic mass is 10.2. The zero-order valence-electron chi connectivity index (χ0n) is 12.7. The van der Waals surface area contributed by atoms with Crippen molar-refractivity contribution in [2.45, 2.75) is 38.6 Å². The molecule has 6 nitrogen and oxygen atoms in total. The number of carbonyl (C=O) groups is 2. The molecule has 1 rings (SSSR count). The molecule has 1 atom stereocenters. The molecule has 1 aromatic carbocycles. The maximum Gasteiger partial charge on any atom is 0.328 e. The monoisotopic (exact) mass is 309 g/mol. The Morgan fingerprint density at radius 1 is 1.18 bits per heavy atom. The van der Waals surface area contributed by atoms with E-state index >= 15 is 0 Å². The molecule has 22 heavy (non-hydrogen) atoms. The minimum atomic E-state index is -1.30. The number of aliphatic carboxylic acids is 1. The van der Waals surface area contributed by atoms with Gasteiger partial charge in [0.2, 0.25) is 0 Å². The molecule has 6 heteroatoms. The second-order valence-corrected chi connectivity index (χ2v) is 4.98. The minimum Gasteiger partial charge on any atom is -0.494 e. The van der Waals surface area contributed by atoms with Crippen molar-refractivity contribution >= 4 is 11.9 Å². The van der Waals surface area contributed by atoms with Crippen molar-refractivity contribution < 1.29 is 24.5 Å². The Hall–Kier alpha value is -2.08. The molecule has 0 aliphatic carbocycles. The van der Waals surface area contributed by atoms with Gasteiger partial charge in [-0.1, -0.05) is 26.2 Å². The van der Waals surface area contributed by atoms with E-state index in [-0.39, 0.29) is 0 Å². The average molecular weight is 309 g/mol. The van der Waals surface area contributed by atoms with Crippen molar-refractivity contribution in [1.29, 1.82) is 0 Å². The van der Waals surface area contributed by atoms with Gasteiger partial charge < -0.3 is 20.3 Å². The van der Waals surface area contributed by atoms with E-state index in [0.29, 0.717) is 17.9 Å². The van der Waals surface area contributed by atoms with Gasteiger partial charge in [-0.3, -0.25) is 4.79 Å². The van der Waals surface area contributed by atoms with Gasteiger partial charge in [0.15, 0.2) is 6.04 Å². The maximum atomic E-state index is 11.8. The molecule has 122 valence electrons. The summed E-state index contributed by atoms with van der Waals surface area (Å²) in [5.74, 6) is -1.15. The summed E-state index contributed by atoms with van der Waals surface area (Å²) in [6.45, 7) is 2.13. The van der Waals surface area contributed by atoms with Crippen LogP contribution in [0.5, 0.6) is 5.75 Å². The fourth-order valence-corrected chi connectivity index (χ4v) is 1.85. The molecule has 0 spiro atoms. The van der Waals surface area contributed by atoms with Crippen LogP contribution in [0.4, 0.5) is 0 Å². The summed E-state index contributed by atoms with van der Waals surface area (Å²) in [7, 11) is 0. The molecule has 1 amide bonds. The first kappa shape index (κ1) is 18.0. The van der Waals surface area contributed by atoms with Crippen molar-refractivity contribution in [1.82, 2.24) is 5.32 Å². The maximum absolute atomic E-state index is 11.8. The zero-order valence-corrected chi connectivity index (χ0v) is 12.7. The molecule has 0 radical (unpaired) electrons. The number of ether oxygens (including phenoxy) is 1. The largest absolute Gasteiger partial charge is 0.494 e. The highest BCUT2D eigenvalue weighted by Crippen LogP contribution is 2.13. The number of benzene rings is 1. The van der Waals surface area contributed by atoms with Gasteiger partial charge in [0.1, 0.15) is 5.75 Å². The standard InChI is InChI=1S/C16H23NO5/c1-2-3-4-5-10-22-13-8-6-12(7-9-13)15(19)17-14(11-18)16(20)21/h6-9,14,18H,2-5,10-11H2,1H3,(H,17,19)(H,20,21)/t14-/m0/s1. The van der Waals surface area contributed by atoms with Gasteiger partial charge in [0, 0.05) is 5.56 Å². The smallest absolute Gasteiger partial charge is 0.328 e. The lowest BCUT2D eigenvalue weighted by Crippen LogP contribution is -2.43. The van der Waals surface area contributed by atoms with Gasteiger partial charge in [-0.05, 0) is 30.7 Å².